The molecule has 72 valence electrons. The van der Waals surface area contributed by atoms with Gasteiger partial charge < -0.3 is 5.32 Å². The summed E-state index contributed by atoms with van der Waals surface area (Å²) in [5.74, 6) is 0.716. The molecule has 1 aliphatic heterocycles. The molecule has 2 rings (SSSR count). The molecular formula is C12H15N2+. The van der Waals surface area contributed by atoms with Gasteiger partial charge in [0, 0.05) is 12.8 Å². The average molecular weight is 187 g/mol. The first-order valence-corrected chi connectivity index (χ1v) is 5.22. The lowest BCUT2D eigenvalue weighted by Gasteiger charge is -2.20. The molecule has 2 N–H and O–H groups in total. The average Bonchev–Trinajstić information content (AvgIpc) is 2.30. The molecule has 1 aromatic carbocycles. The molecule has 0 amide bonds. The summed E-state index contributed by atoms with van der Waals surface area (Å²) >= 11 is 0. The second-order valence-corrected chi connectivity index (χ2v) is 3.87. The number of hydrogen-bond donors (Lipinski definition) is 1. The van der Waals surface area contributed by atoms with Gasteiger partial charge in [-0.15, -0.1) is 0 Å². The van der Waals surface area contributed by atoms with Gasteiger partial charge in [0.15, 0.2) is 0 Å². The van der Waals surface area contributed by atoms with Gasteiger partial charge in [-0.05, 0) is 23.6 Å². The van der Waals surface area contributed by atoms with Crippen LogP contribution in [0.5, 0.6) is 0 Å². The minimum atomic E-state index is 0.716. The fourth-order valence-electron chi connectivity index (χ4n) is 2.09. The molecule has 0 unspecified atom stereocenters. The van der Waals surface area contributed by atoms with Crippen molar-refractivity contribution in [1.29, 1.82) is 5.26 Å². The maximum Gasteiger partial charge on any atom is 0.0991 e. The standard InChI is InChI=1S/C12H14N2/c13-9-10-1-3-11(4-2-10)12-5-7-14-8-6-12/h1-4,12,14H,5-8H2/p+1. The van der Waals surface area contributed by atoms with Crippen LogP contribution in [0.2, 0.25) is 0 Å². The minimum Gasteiger partial charge on any atom is -0.346 e. The maximum absolute atomic E-state index is 8.68. The number of hydrogen-bond acceptors (Lipinski definition) is 1. The van der Waals surface area contributed by atoms with Gasteiger partial charge in [0.2, 0.25) is 0 Å². The Kier molecular flexibility index (Phi) is 2.81. The van der Waals surface area contributed by atoms with Crippen LogP contribution < -0.4 is 5.32 Å². The molecule has 1 heterocycles. The highest BCUT2D eigenvalue weighted by atomic mass is 14.9. The Bertz CT molecular complexity index is 328. The van der Waals surface area contributed by atoms with Crippen LogP contribution in [0.3, 0.4) is 0 Å². The number of nitriles is 1. The van der Waals surface area contributed by atoms with Crippen molar-refractivity contribution in [3.8, 4) is 6.07 Å². The molecule has 0 aliphatic carbocycles. The van der Waals surface area contributed by atoms with Gasteiger partial charge in [-0.1, -0.05) is 12.1 Å². The van der Waals surface area contributed by atoms with Crippen LogP contribution in [0.25, 0.3) is 0 Å². The second-order valence-electron chi connectivity index (χ2n) is 3.87. The summed E-state index contributed by atoms with van der Waals surface area (Å²) in [5.41, 5.74) is 2.16. The summed E-state index contributed by atoms with van der Waals surface area (Å²) in [7, 11) is 0. The first-order chi connectivity index (χ1) is 6.90. The van der Waals surface area contributed by atoms with Crippen LogP contribution in [-0.2, 0) is 0 Å². The molecule has 0 aromatic heterocycles. The van der Waals surface area contributed by atoms with E-state index in [-0.39, 0.29) is 0 Å². The fraction of sp³-hybridized carbons (Fsp3) is 0.417. The van der Waals surface area contributed by atoms with Crippen LogP contribution in [-0.4, -0.2) is 13.1 Å². The van der Waals surface area contributed by atoms with Gasteiger partial charge in [-0.3, -0.25) is 0 Å². The summed E-state index contributed by atoms with van der Waals surface area (Å²) in [4.78, 5) is 0. The van der Waals surface area contributed by atoms with Crippen molar-refractivity contribution in [2.75, 3.05) is 13.1 Å². The summed E-state index contributed by atoms with van der Waals surface area (Å²) in [6.45, 7) is 2.48. The number of rotatable bonds is 1. The first-order valence-electron chi connectivity index (χ1n) is 5.22. The summed E-state index contributed by atoms with van der Waals surface area (Å²) in [5, 5.41) is 11.1. The molecule has 0 spiro atoms. The zero-order valence-electron chi connectivity index (χ0n) is 8.24. The molecule has 1 aromatic rings. The summed E-state index contributed by atoms with van der Waals surface area (Å²) in [6.07, 6.45) is 2.54. The van der Waals surface area contributed by atoms with Gasteiger partial charge in [0.25, 0.3) is 0 Å². The first kappa shape index (κ1) is 9.23. The number of quaternary nitrogens is 1. The van der Waals surface area contributed by atoms with E-state index < -0.39 is 0 Å². The predicted molar refractivity (Wildman–Crippen MR) is 54.8 cm³/mol. The van der Waals surface area contributed by atoms with Gasteiger partial charge in [0.1, 0.15) is 0 Å². The summed E-state index contributed by atoms with van der Waals surface area (Å²) in [6, 6.07) is 10.2. The molecule has 14 heavy (non-hydrogen) atoms. The Labute approximate surface area is 84.6 Å². The third-order valence-corrected chi connectivity index (χ3v) is 2.95. The topological polar surface area (TPSA) is 40.4 Å². The molecule has 0 saturated carbocycles. The van der Waals surface area contributed by atoms with Crippen molar-refractivity contribution >= 4 is 0 Å². The highest BCUT2D eigenvalue weighted by Gasteiger charge is 2.16. The second kappa shape index (κ2) is 4.26. The lowest BCUT2D eigenvalue weighted by molar-refractivity contribution is -0.663. The lowest BCUT2D eigenvalue weighted by Crippen LogP contribution is -2.86. The smallest absolute Gasteiger partial charge is 0.0991 e. The quantitative estimate of drug-likeness (QED) is 0.700. The Morgan fingerprint density at radius 3 is 2.36 bits per heavy atom. The van der Waals surface area contributed by atoms with Crippen molar-refractivity contribution in [3.63, 3.8) is 0 Å². The molecule has 1 aliphatic rings. The van der Waals surface area contributed by atoms with E-state index in [9.17, 15) is 0 Å². The van der Waals surface area contributed by atoms with Crippen LogP contribution in [0, 0.1) is 11.3 Å². The SMILES string of the molecule is N#Cc1ccc(C2CC[NH2+]CC2)cc1. The summed E-state index contributed by atoms with van der Waals surface area (Å²) < 4.78 is 0. The predicted octanol–water partition coefficient (Wildman–Crippen LogP) is 0.999. The van der Waals surface area contributed by atoms with Crippen molar-refractivity contribution in [1.82, 2.24) is 0 Å². The van der Waals surface area contributed by atoms with Gasteiger partial charge in [0.05, 0.1) is 24.7 Å². The van der Waals surface area contributed by atoms with Crippen molar-refractivity contribution in [2.24, 2.45) is 0 Å². The van der Waals surface area contributed by atoms with E-state index in [4.69, 9.17) is 5.26 Å². The molecule has 1 saturated heterocycles. The van der Waals surface area contributed by atoms with Crippen molar-refractivity contribution in [3.05, 3.63) is 35.4 Å². The number of benzene rings is 1. The van der Waals surface area contributed by atoms with E-state index in [2.05, 4.69) is 23.5 Å². The third-order valence-electron chi connectivity index (χ3n) is 2.95. The minimum absolute atomic E-state index is 0.716. The van der Waals surface area contributed by atoms with Gasteiger partial charge in [-0.2, -0.15) is 5.26 Å². The van der Waals surface area contributed by atoms with Crippen LogP contribution in [0.15, 0.2) is 24.3 Å². The fourth-order valence-corrected chi connectivity index (χ4v) is 2.09. The van der Waals surface area contributed by atoms with Gasteiger partial charge in [-0.25, -0.2) is 0 Å². The van der Waals surface area contributed by atoms with Crippen molar-refractivity contribution in [2.45, 2.75) is 18.8 Å². The molecule has 0 radical (unpaired) electrons. The molecule has 0 atom stereocenters. The van der Waals surface area contributed by atoms with Gasteiger partial charge >= 0.3 is 0 Å². The molecular weight excluding hydrogens is 172 g/mol. The van der Waals surface area contributed by atoms with Crippen LogP contribution in [0.1, 0.15) is 29.9 Å². The maximum atomic E-state index is 8.68. The Hall–Kier alpha value is -1.33. The Morgan fingerprint density at radius 1 is 1.14 bits per heavy atom. The van der Waals surface area contributed by atoms with E-state index in [1.54, 1.807) is 0 Å². The zero-order valence-corrected chi connectivity index (χ0v) is 8.24. The van der Waals surface area contributed by atoms with Crippen LogP contribution >= 0.6 is 0 Å². The van der Waals surface area contributed by atoms with E-state index in [0.717, 1.165) is 5.56 Å². The number of nitrogens with zero attached hydrogens (tertiary/aromatic N) is 1. The molecule has 2 nitrogen and oxygen atoms in total. The van der Waals surface area contributed by atoms with Crippen molar-refractivity contribution < 1.29 is 5.32 Å². The zero-order chi connectivity index (χ0) is 9.80. The number of nitrogens with two attached hydrogens (primary N) is 1. The third kappa shape index (κ3) is 1.94. The molecule has 0 bridgehead atoms. The van der Waals surface area contributed by atoms with E-state index in [0.29, 0.717) is 5.92 Å². The molecule has 2 heteroatoms. The van der Waals surface area contributed by atoms with Crippen LogP contribution in [0.4, 0.5) is 0 Å². The highest BCUT2D eigenvalue weighted by molar-refractivity contribution is 5.33. The van der Waals surface area contributed by atoms with E-state index in [1.165, 1.54) is 31.5 Å². The Balaban J connectivity index is 2.12. The van der Waals surface area contributed by atoms with E-state index in [1.807, 2.05) is 12.1 Å². The van der Waals surface area contributed by atoms with E-state index >= 15 is 0 Å². The monoisotopic (exact) mass is 187 g/mol. The molecule has 1 fully saturated rings. The highest BCUT2D eigenvalue weighted by Crippen LogP contribution is 2.23. The lowest BCUT2D eigenvalue weighted by atomic mass is 9.90. The number of piperidine rings is 1. The Morgan fingerprint density at radius 2 is 1.79 bits per heavy atom. The normalized spacial score (nSPS) is 17.6. The largest absolute Gasteiger partial charge is 0.346 e.